The van der Waals surface area contributed by atoms with Crippen LogP contribution in [0, 0.1) is 11.2 Å². The van der Waals surface area contributed by atoms with Gasteiger partial charge in [0.1, 0.15) is 17.4 Å². The van der Waals surface area contributed by atoms with Gasteiger partial charge in [0.2, 0.25) is 0 Å². The number of aliphatic hydroxyl groups excluding tert-OH is 1. The first-order valence-corrected chi connectivity index (χ1v) is 12.0. The number of nitrogens with one attached hydrogen (secondary N) is 1. The van der Waals surface area contributed by atoms with Gasteiger partial charge in [-0.3, -0.25) is 15.1 Å². The van der Waals surface area contributed by atoms with E-state index in [0.29, 0.717) is 51.8 Å². The Balaban J connectivity index is 1.85. The number of rotatable bonds is 3. The van der Waals surface area contributed by atoms with E-state index < -0.39 is 11.7 Å². The molecule has 1 heterocycles. The largest absolute Gasteiger partial charge is 0.507 e. The Morgan fingerprint density at radius 3 is 2.40 bits per heavy atom. The summed E-state index contributed by atoms with van der Waals surface area (Å²) in [7, 11) is 0. The molecule has 0 amide bonds. The second kappa shape index (κ2) is 9.33. The molecule has 0 bridgehead atoms. The number of Topliss-reactive ketones (excluding diaryl/α,β-unsaturated/α-hetero) is 1. The van der Waals surface area contributed by atoms with Gasteiger partial charge in [0.05, 0.1) is 10.0 Å². The smallest absolute Gasteiger partial charge is 0.161 e. The Hall–Kier alpha value is -3.41. The van der Waals surface area contributed by atoms with E-state index in [2.05, 4.69) is 0 Å². The SMILES string of the molecule is N=C1/C(=C(/O)c2ccccc2)C(c2ccccc2F)C2=C(CCCC2=O)N1c1ccc(Cl)c(Cl)c1. The number of aliphatic hydroxyl groups is 1. The number of allylic oxidation sites excluding steroid dienone is 2. The summed E-state index contributed by atoms with van der Waals surface area (Å²) in [6.45, 7) is 0. The minimum atomic E-state index is -0.925. The topological polar surface area (TPSA) is 64.4 Å². The molecule has 3 aromatic rings. The van der Waals surface area contributed by atoms with E-state index in [1.807, 2.05) is 6.07 Å². The quantitative estimate of drug-likeness (QED) is 0.357. The van der Waals surface area contributed by atoms with Crippen molar-refractivity contribution in [2.45, 2.75) is 25.2 Å². The number of ketones is 1. The molecule has 0 fully saturated rings. The highest BCUT2D eigenvalue weighted by atomic mass is 35.5. The fraction of sp³-hybridized carbons (Fsp3) is 0.143. The molecule has 1 aliphatic heterocycles. The molecule has 1 aliphatic carbocycles. The number of hydrogen-bond donors (Lipinski definition) is 2. The van der Waals surface area contributed by atoms with Gasteiger partial charge in [0.25, 0.3) is 0 Å². The van der Waals surface area contributed by atoms with Crippen LogP contribution in [0.5, 0.6) is 0 Å². The highest BCUT2D eigenvalue weighted by Crippen LogP contribution is 2.48. The molecule has 0 spiro atoms. The van der Waals surface area contributed by atoms with Crippen LogP contribution in [0.1, 0.15) is 36.3 Å². The second-order valence-corrected chi connectivity index (χ2v) is 9.32. The summed E-state index contributed by atoms with van der Waals surface area (Å²) >= 11 is 12.4. The number of nitrogens with zero attached hydrogens (tertiary/aromatic N) is 1. The lowest BCUT2D eigenvalue weighted by atomic mass is 9.73. The Labute approximate surface area is 212 Å². The summed E-state index contributed by atoms with van der Waals surface area (Å²) in [5.74, 6) is -1.79. The maximum absolute atomic E-state index is 15.2. The molecule has 1 atom stereocenters. The van der Waals surface area contributed by atoms with Gasteiger partial charge in [0.15, 0.2) is 5.78 Å². The number of benzene rings is 3. The van der Waals surface area contributed by atoms with Crippen LogP contribution in [0.4, 0.5) is 10.1 Å². The first kappa shape index (κ1) is 23.3. The van der Waals surface area contributed by atoms with Crippen molar-refractivity contribution < 1.29 is 14.3 Å². The third-order valence-electron chi connectivity index (χ3n) is 6.43. The summed E-state index contributed by atoms with van der Waals surface area (Å²) < 4.78 is 15.2. The third kappa shape index (κ3) is 4.05. The van der Waals surface area contributed by atoms with Gasteiger partial charge in [0, 0.05) is 46.0 Å². The van der Waals surface area contributed by atoms with Gasteiger partial charge in [-0.1, -0.05) is 71.7 Å². The second-order valence-electron chi connectivity index (χ2n) is 8.50. The molecule has 7 heteroatoms. The Morgan fingerprint density at radius 2 is 1.69 bits per heavy atom. The van der Waals surface area contributed by atoms with E-state index in [4.69, 9.17) is 23.2 Å². The Kier molecular flexibility index (Phi) is 6.22. The van der Waals surface area contributed by atoms with E-state index in [1.165, 1.54) is 6.07 Å². The lowest BCUT2D eigenvalue weighted by Crippen LogP contribution is -2.42. The van der Waals surface area contributed by atoms with Crippen LogP contribution in [0.2, 0.25) is 10.0 Å². The molecule has 5 rings (SSSR count). The van der Waals surface area contributed by atoms with Crippen molar-refractivity contribution >= 4 is 46.3 Å². The van der Waals surface area contributed by atoms with Gasteiger partial charge < -0.3 is 5.11 Å². The van der Waals surface area contributed by atoms with Crippen molar-refractivity contribution in [3.05, 3.63) is 117 Å². The van der Waals surface area contributed by atoms with Crippen molar-refractivity contribution in [1.29, 1.82) is 5.41 Å². The standard InChI is InChI=1S/C28H21Cl2FN2O2/c29-19-14-13-17(15-20(19)30)33-22-11-6-12-23(34)25(22)24(18-9-4-5-10-21(18)31)26(28(33)32)27(35)16-7-2-1-3-8-16/h1-5,7-10,13-15,24,32,35H,6,11-12H2/b27-26+,32-28?. The van der Waals surface area contributed by atoms with Crippen LogP contribution in [0.15, 0.2) is 89.6 Å². The molecule has 1 unspecified atom stereocenters. The molecule has 0 radical (unpaired) electrons. The van der Waals surface area contributed by atoms with Crippen molar-refractivity contribution in [3.63, 3.8) is 0 Å². The number of carbonyl (C=O) groups is 1. The van der Waals surface area contributed by atoms with Crippen molar-refractivity contribution in [1.82, 2.24) is 0 Å². The molecule has 3 aromatic carbocycles. The summed E-state index contributed by atoms with van der Waals surface area (Å²) in [6.07, 6.45) is 1.44. The zero-order chi connectivity index (χ0) is 24.7. The van der Waals surface area contributed by atoms with E-state index in [0.717, 1.165) is 0 Å². The van der Waals surface area contributed by atoms with Gasteiger partial charge in [-0.15, -0.1) is 0 Å². The fourth-order valence-corrected chi connectivity index (χ4v) is 5.16. The maximum atomic E-state index is 15.2. The first-order chi connectivity index (χ1) is 16.9. The van der Waals surface area contributed by atoms with Crippen molar-refractivity contribution in [3.8, 4) is 0 Å². The Bertz CT molecular complexity index is 1420. The van der Waals surface area contributed by atoms with Gasteiger partial charge in [-0.2, -0.15) is 0 Å². The number of anilines is 1. The minimum absolute atomic E-state index is 0.0496. The molecular formula is C28H21Cl2FN2O2. The predicted octanol–water partition coefficient (Wildman–Crippen LogP) is 7.69. The van der Waals surface area contributed by atoms with Crippen molar-refractivity contribution in [2.24, 2.45) is 0 Å². The molecule has 4 nitrogen and oxygen atoms in total. The van der Waals surface area contributed by atoms with Crippen molar-refractivity contribution in [2.75, 3.05) is 4.90 Å². The van der Waals surface area contributed by atoms with Crippen LogP contribution in [-0.2, 0) is 4.79 Å². The molecule has 35 heavy (non-hydrogen) atoms. The monoisotopic (exact) mass is 506 g/mol. The molecule has 176 valence electrons. The highest BCUT2D eigenvalue weighted by molar-refractivity contribution is 6.42. The first-order valence-electron chi connectivity index (χ1n) is 11.2. The van der Waals surface area contributed by atoms with Crippen LogP contribution < -0.4 is 4.90 Å². The molecule has 2 aliphatic rings. The summed E-state index contributed by atoms with van der Waals surface area (Å²) in [4.78, 5) is 15.0. The lowest BCUT2D eigenvalue weighted by Gasteiger charge is -2.42. The van der Waals surface area contributed by atoms with E-state index in [-0.39, 0.29) is 28.5 Å². The van der Waals surface area contributed by atoms with Gasteiger partial charge in [-0.05, 0) is 37.1 Å². The summed E-state index contributed by atoms with van der Waals surface area (Å²) in [5.41, 5.74) is 2.41. The maximum Gasteiger partial charge on any atom is 0.161 e. The van der Waals surface area contributed by atoms with Crippen LogP contribution in [0.25, 0.3) is 5.76 Å². The van der Waals surface area contributed by atoms with E-state index in [9.17, 15) is 15.3 Å². The summed E-state index contributed by atoms with van der Waals surface area (Å²) in [6, 6.07) is 19.9. The normalized spacial score (nSPS) is 19.6. The zero-order valence-electron chi connectivity index (χ0n) is 18.6. The van der Waals surface area contributed by atoms with Gasteiger partial charge >= 0.3 is 0 Å². The van der Waals surface area contributed by atoms with Gasteiger partial charge in [-0.25, -0.2) is 4.39 Å². The zero-order valence-corrected chi connectivity index (χ0v) is 20.1. The van der Waals surface area contributed by atoms with Crippen LogP contribution in [-0.4, -0.2) is 16.7 Å². The number of halogens is 3. The number of carbonyl (C=O) groups excluding carboxylic acids is 1. The fourth-order valence-electron chi connectivity index (χ4n) is 4.87. The molecule has 2 N–H and O–H groups in total. The minimum Gasteiger partial charge on any atom is -0.507 e. The third-order valence-corrected chi connectivity index (χ3v) is 7.17. The van der Waals surface area contributed by atoms with Crippen LogP contribution in [0.3, 0.4) is 0 Å². The van der Waals surface area contributed by atoms with E-state index in [1.54, 1.807) is 65.6 Å². The molecule has 0 saturated heterocycles. The average molecular weight is 507 g/mol. The Morgan fingerprint density at radius 1 is 0.971 bits per heavy atom. The molecule has 0 aromatic heterocycles. The predicted molar refractivity (Wildman–Crippen MR) is 138 cm³/mol. The molecular weight excluding hydrogens is 486 g/mol. The number of hydrogen-bond acceptors (Lipinski definition) is 3. The number of amidine groups is 1. The average Bonchev–Trinajstić information content (AvgIpc) is 2.86. The molecule has 0 saturated carbocycles. The highest BCUT2D eigenvalue weighted by Gasteiger charge is 2.44. The van der Waals surface area contributed by atoms with Crippen LogP contribution >= 0.6 is 23.2 Å². The lowest BCUT2D eigenvalue weighted by molar-refractivity contribution is -0.116. The summed E-state index contributed by atoms with van der Waals surface area (Å²) in [5, 5.41) is 21.4. The van der Waals surface area contributed by atoms with E-state index >= 15 is 4.39 Å².